The molecule has 9 heteroatoms. The molecule has 1 aliphatic rings. The van der Waals surface area contributed by atoms with E-state index in [0.29, 0.717) is 11.8 Å². The lowest BCUT2D eigenvalue weighted by molar-refractivity contribution is 0.0791. The summed E-state index contributed by atoms with van der Waals surface area (Å²) in [6, 6.07) is 7.90. The zero-order chi connectivity index (χ0) is 21.4. The topological polar surface area (TPSA) is 96.9 Å². The first-order valence-corrected chi connectivity index (χ1v) is 10.5. The Balaban J connectivity index is 1.33. The molecule has 4 aromatic rings. The number of aromatic nitrogens is 6. The second-order valence-electron chi connectivity index (χ2n) is 8.10. The minimum atomic E-state index is -0.161. The molecule has 0 saturated carbocycles. The van der Waals surface area contributed by atoms with Gasteiger partial charge in [0.1, 0.15) is 0 Å². The average Bonchev–Trinajstić information content (AvgIpc) is 3.32. The minimum absolute atomic E-state index is 0.161. The minimum Gasteiger partial charge on any atom is -0.393 e. The van der Waals surface area contributed by atoms with Crippen molar-refractivity contribution in [3.8, 4) is 5.82 Å². The molecule has 0 radical (unpaired) electrons. The Bertz CT molecular complexity index is 1210. The Kier molecular flexibility index (Phi) is 5.13. The van der Waals surface area contributed by atoms with E-state index in [2.05, 4.69) is 30.4 Å². The summed E-state index contributed by atoms with van der Waals surface area (Å²) in [5, 5.41) is 23.0. The third kappa shape index (κ3) is 4.14. The van der Waals surface area contributed by atoms with Gasteiger partial charge < -0.3 is 10.4 Å². The van der Waals surface area contributed by atoms with E-state index in [-0.39, 0.29) is 6.10 Å². The van der Waals surface area contributed by atoms with Gasteiger partial charge in [0.25, 0.3) is 0 Å². The van der Waals surface area contributed by atoms with Gasteiger partial charge in [-0.15, -0.1) is 0 Å². The van der Waals surface area contributed by atoms with Crippen LogP contribution in [0.15, 0.2) is 42.9 Å². The first-order chi connectivity index (χ1) is 15.0. The predicted octanol–water partition coefficient (Wildman–Crippen LogP) is 2.56. The van der Waals surface area contributed by atoms with Gasteiger partial charge in [-0.3, -0.25) is 9.58 Å². The summed E-state index contributed by atoms with van der Waals surface area (Å²) in [4.78, 5) is 11.4. The van der Waals surface area contributed by atoms with Crippen molar-refractivity contribution in [2.45, 2.75) is 32.4 Å². The molecule has 0 aliphatic carbocycles. The molecule has 0 spiro atoms. The number of fused-ring (bicyclic) bond motifs is 1. The summed E-state index contributed by atoms with van der Waals surface area (Å²) in [6.45, 7) is 4.68. The number of rotatable bonds is 5. The number of aliphatic hydroxyl groups excluding tert-OH is 1. The van der Waals surface area contributed by atoms with Crippen molar-refractivity contribution in [2.75, 3.05) is 18.4 Å². The predicted molar refractivity (Wildman–Crippen MR) is 118 cm³/mol. The molecule has 31 heavy (non-hydrogen) atoms. The smallest absolute Gasteiger partial charge is 0.229 e. The number of hydrogen-bond donors (Lipinski definition) is 2. The third-order valence-electron chi connectivity index (χ3n) is 5.83. The van der Waals surface area contributed by atoms with Crippen LogP contribution in [0, 0.1) is 6.92 Å². The molecule has 1 aromatic carbocycles. The van der Waals surface area contributed by atoms with Crippen molar-refractivity contribution >= 4 is 22.5 Å². The Morgan fingerprint density at radius 1 is 1.19 bits per heavy atom. The lowest BCUT2D eigenvalue weighted by atomic mass is 10.1. The Labute approximate surface area is 180 Å². The molecule has 0 unspecified atom stereocenters. The molecular formula is C22H26N8O. The fourth-order valence-electron chi connectivity index (χ4n) is 3.99. The number of hydrogen-bond acceptors (Lipinski definition) is 7. The molecule has 5 rings (SSSR count). The molecule has 0 amide bonds. The fourth-order valence-corrected chi connectivity index (χ4v) is 3.99. The van der Waals surface area contributed by atoms with Crippen molar-refractivity contribution in [3.05, 3.63) is 54.1 Å². The zero-order valence-electron chi connectivity index (χ0n) is 17.7. The van der Waals surface area contributed by atoms with E-state index in [1.165, 1.54) is 5.56 Å². The number of piperidine rings is 1. The molecule has 3 aromatic heterocycles. The largest absolute Gasteiger partial charge is 0.393 e. The molecule has 4 heterocycles. The lowest BCUT2D eigenvalue weighted by Gasteiger charge is -2.29. The highest BCUT2D eigenvalue weighted by Crippen LogP contribution is 2.21. The van der Waals surface area contributed by atoms with Crippen molar-refractivity contribution in [1.82, 2.24) is 34.4 Å². The molecule has 1 fully saturated rings. The van der Waals surface area contributed by atoms with Gasteiger partial charge >= 0.3 is 0 Å². The Hall–Kier alpha value is -3.30. The molecule has 160 valence electrons. The van der Waals surface area contributed by atoms with E-state index in [1.54, 1.807) is 10.9 Å². The first-order valence-electron chi connectivity index (χ1n) is 10.5. The Morgan fingerprint density at radius 3 is 2.87 bits per heavy atom. The van der Waals surface area contributed by atoms with Crippen LogP contribution in [0.5, 0.6) is 0 Å². The van der Waals surface area contributed by atoms with E-state index in [4.69, 9.17) is 0 Å². The summed E-state index contributed by atoms with van der Waals surface area (Å²) in [7, 11) is 1.93. The molecule has 0 bridgehead atoms. The van der Waals surface area contributed by atoms with Crippen LogP contribution in [-0.4, -0.2) is 58.7 Å². The standard InChI is InChI=1S/C22H26N8O/c1-15-17(13-29-9-6-19(31)7-10-29)14-30(27-15)21-5-8-23-22(26-21)25-18-3-4-20-16(11-18)12-24-28(20)2/h3-5,8,11-12,14,19,31H,6-7,9-10,13H2,1-2H3,(H,23,25,26). The van der Waals surface area contributed by atoms with Crippen molar-refractivity contribution < 1.29 is 5.11 Å². The molecular weight excluding hydrogens is 392 g/mol. The SMILES string of the molecule is Cc1nn(-c2ccnc(Nc3ccc4c(cnn4C)c3)n2)cc1CN1CCC(O)CC1. The number of aliphatic hydroxyl groups is 1. The second-order valence-corrected chi connectivity index (χ2v) is 8.10. The summed E-state index contributed by atoms with van der Waals surface area (Å²) in [6.07, 6.45) is 7.11. The molecule has 0 atom stereocenters. The fraction of sp³-hybridized carbons (Fsp3) is 0.364. The number of anilines is 2. The maximum Gasteiger partial charge on any atom is 0.229 e. The number of benzene rings is 1. The molecule has 9 nitrogen and oxygen atoms in total. The zero-order valence-corrected chi connectivity index (χ0v) is 17.7. The highest BCUT2D eigenvalue weighted by atomic mass is 16.3. The summed E-state index contributed by atoms with van der Waals surface area (Å²) in [5.41, 5.74) is 4.14. The van der Waals surface area contributed by atoms with Gasteiger partial charge in [0.2, 0.25) is 5.95 Å². The molecule has 1 saturated heterocycles. The Morgan fingerprint density at radius 2 is 2.03 bits per heavy atom. The van der Waals surface area contributed by atoms with Crippen molar-refractivity contribution in [3.63, 3.8) is 0 Å². The van der Waals surface area contributed by atoms with Gasteiger partial charge in [0, 0.05) is 61.8 Å². The van der Waals surface area contributed by atoms with Gasteiger partial charge in [0.15, 0.2) is 5.82 Å². The van der Waals surface area contributed by atoms with E-state index in [1.807, 2.05) is 55.3 Å². The van der Waals surface area contributed by atoms with Gasteiger partial charge in [-0.2, -0.15) is 15.2 Å². The normalized spacial score (nSPS) is 15.6. The van der Waals surface area contributed by atoms with E-state index in [9.17, 15) is 5.11 Å². The van der Waals surface area contributed by atoms with Crippen LogP contribution in [0.3, 0.4) is 0 Å². The maximum atomic E-state index is 9.72. The van der Waals surface area contributed by atoms with Gasteiger partial charge in [0.05, 0.1) is 23.5 Å². The highest BCUT2D eigenvalue weighted by Gasteiger charge is 2.19. The number of likely N-dealkylation sites (tertiary alicyclic amines) is 1. The van der Waals surface area contributed by atoms with Crippen LogP contribution >= 0.6 is 0 Å². The van der Waals surface area contributed by atoms with Crippen LogP contribution in [-0.2, 0) is 13.6 Å². The quantitative estimate of drug-likeness (QED) is 0.514. The number of nitrogens with zero attached hydrogens (tertiary/aromatic N) is 7. The maximum absolute atomic E-state index is 9.72. The van der Waals surface area contributed by atoms with Crippen molar-refractivity contribution in [2.24, 2.45) is 7.05 Å². The van der Waals surface area contributed by atoms with E-state index >= 15 is 0 Å². The average molecular weight is 419 g/mol. The van der Waals surface area contributed by atoms with Crippen molar-refractivity contribution in [1.29, 1.82) is 0 Å². The first kappa shape index (κ1) is 19.7. The van der Waals surface area contributed by atoms with Gasteiger partial charge in [-0.05, 0) is 38.0 Å². The molecule has 1 aliphatic heterocycles. The van der Waals surface area contributed by atoms with Crippen LogP contribution in [0.2, 0.25) is 0 Å². The summed E-state index contributed by atoms with van der Waals surface area (Å²) >= 11 is 0. The van der Waals surface area contributed by atoms with Gasteiger partial charge in [-0.25, -0.2) is 9.67 Å². The van der Waals surface area contributed by atoms with Crippen LogP contribution in [0.25, 0.3) is 16.7 Å². The second kappa shape index (κ2) is 8.09. The van der Waals surface area contributed by atoms with E-state index < -0.39 is 0 Å². The summed E-state index contributed by atoms with van der Waals surface area (Å²) < 4.78 is 3.65. The van der Waals surface area contributed by atoms with Crippen LogP contribution in [0.4, 0.5) is 11.6 Å². The monoisotopic (exact) mass is 418 g/mol. The third-order valence-corrected chi connectivity index (χ3v) is 5.83. The molecule has 2 N–H and O–H groups in total. The number of nitrogens with one attached hydrogen (secondary N) is 1. The summed E-state index contributed by atoms with van der Waals surface area (Å²) in [5.74, 6) is 1.23. The van der Waals surface area contributed by atoms with Crippen LogP contribution in [0.1, 0.15) is 24.1 Å². The lowest BCUT2D eigenvalue weighted by Crippen LogP contribution is -2.35. The van der Waals surface area contributed by atoms with E-state index in [0.717, 1.165) is 54.8 Å². The van der Waals surface area contributed by atoms with Gasteiger partial charge in [-0.1, -0.05) is 0 Å². The van der Waals surface area contributed by atoms with Crippen LogP contribution < -0.4 is 5.32 Å². The highest BCUT2D eigenvalue weighted by molar-refractivity contribution is 5.83. The number of aryl methyl sites for hydroxylation is 2.